The van der Waals surface area contributed by atoms with Crippen LogP contribution in [-0.2, 0) is 0 Å². The van der Waals surface area contributed by atoms with E-state index in [0.29, 0.717) is 18.8 Å². The predicted molar refractivity (Wildman–Crippen MR) is 106 cm³/mol. The maximum Gasteiger partial charge on any atom is 0.241 e. The Morgan fingerprint density at radius 3 is 2.52 bits per heavy atom. The maximum absolute atomic E-state index is 12.8. The highest BCUT2D eigenvalue weighted by Gasteiger charge is 2.28. The average molecular weight is 420 g/mol. The van der Waals surface area contributed by atoms with Gasteiger partial charge in [0, 0.05) is 12.5 Å². The Labute approximate surface area is 161 Å². The molecule has 0 radical (unpaired) electrons. The SMILES string of the molecule is CC[C@H](CC[C@@H]1CCCC/C1=C\Br)[C@H](C)CN1CCC(C(F)F)CC1. The van der Waals surface area contributed by atoms with E-state index in [1.54, 1.807) is 5.57 Å². The van der Waals surface area contributed by atoms with Crippen LogP contribution in [0.15, 0.2) is 10.6 Å². The number of halogens is 3. The number of nitrogens with zero attached hydrogens (tertiary/aromatic N) is 1. The summed E-state index contributed by atoms with van der Waals surface area (Å²) in [5, 5.41) is 0. The van der Waals surface area contributed by atoms with E-state index in [1.165, 1.54) is 44.9 Å². The maximum atomic E-state index is 12.8. The van der Waals surface area contributed by atoms with Crippen molar-refractivity contribution in [3.05, 3.63) is 10.6 Å². The first kappa shape index (κ1) is 21.3. The van der Waals surface area contributed by atoms with E-state index in [2.05, 4.69) is 39.7 Å². The summed E-state index contributed by atoms with van der Waals surface area (Å²) in [5.41, 5.74) is 1.61. The van der Waals surface area contributed by atoms with Gasteiger partial charge in [0.1, 0.15) is 0 Å². The van der Waals surface area contributed by atoms with E-state index in [1.807, 2.05) is 0 Å². The van der Waals surface area contributed by atoms with E-state index in [4.69, 9.17) is 0 Å². The number of piperidine rings is 1. The van der Waals surface area contributed by atoms with Gasteiger partial charge in [-0.2, -0.15) is 0 Å². The molecule has 0 spiro atoms. The summed E-state index contributed by atoms with van der Waals surface area (Å²) in [6.45, 7) is 7.48. The van der Waals surface area contributed by atoms with Crippen molar-refractivity contribution in [1.82, 2.24) is 4.90 Å². The fraction of sp³-hybridized carbons (Fsp3) is 0.905. The lowest BCUT2D eigenvalue weighted by Gasteiger charge is -2.35. The van der Waals surface area contributed by atoms with Crippen molar-refractivity contribution in [2.24, 2.45) is 23.7 Å². The molecule has 25 heavy (non-hydrogen) atoms. The monoisotopic (exact) mass is 419 g/mol. The lowest BCUT2D eigenvalue weighted by molar-refractivity contribution is 0.0297. The lowest BCUT2D eigenvalue weighted by Crippen LogP contribution is -2.39. The molecular weight excluding hydrogens is 384 g/mol. The van der Waals surface area contributed by atoms with E-state index in [-0.39, 0.29) is 5.92 Å². The van der Waals surface area contributed by atoms with E-state index in [0.717, 1.165) is 31.5 Å². The van der Waals surface area contributed by atoms with Crippen LogP contribution in [0.3, 0.4) is 0 Å². The quantitative estimate of drug-likeness (QED) is 0.414. The number of hydrogen-bond acceptors (Lipinski definition) is 1. The molecule has 0 amide bonds. The first-order valence-corrected chi connectivity index (χ1v) is 11.3. The van der Waals surface area contributed by atoms with E-state index >= 15 is 0 Å². The molecule has 2 fully saturated rings. The molecule has 1 saturated carbocycles. The topological polar surface area (TPSA) is 3.24 Å². The normalized spacial score (nSPS) is 27.8. The Hall–Kier alpha value is 0.0400. The average Bonchev–Trinajstić information content (AvgIpc) is 2.63. The predicted octanol–water partition coefficient (Wildman–Crippen LogP) is 6.88. The van der Waals surface area contributed by atoms with Crippen molar-refractivity contribution < 1.29 is 8.78 Å². The zero-order chi connectivity index (χ0) is 18.2. The van der Waals surface area contributed by atoms with Crippen molar-refractivity contribution in [1.29, 1.82) is 0 Å². The molecule has 146 valence electrons. The number of alkyl halides is 2. The van der Waals surface area contributed by atoms with Crippen LogP contribution in [0.1, 0.15) is 71.6 Å². The second kappa shape index (κ2) is 11.0. The second-order valence-electron chi connectivity index (χ2n) is 8.32. The first-order chi connectivity index (χ1) is 12.0. The second-order valence-corrected chi connectivity index (χ2v) is 8.78. The number of likely N-dealkylation sites (tertiary alicyclic amines) is 1. The third-order valence-corrected chi connectivity index (χ3v) is 7.27. The number of hydrogen-bond donors (Lipinski definition) is 0. The molecule has 4 heteroatoms. The molecular formula is C21H36BrF2N. The Morgan fingerprint density at radius 1 is 1.20 bits per heavy atom. The fourth-order valence-electron chi connectivity index (χ4n) is 4.83. The Kier molecular flexibility index (Phi) is 9.40. The molecule has 0 aromatic heterocycles. The molecule has 1 heterocycles. The summed E-state index contributed by atoms with van der Waals surface area (Å²) in [6, 6.07) is 0. The fourth-order valence-corrected chi connectivity index (χ4v) is 5.44. The zero-order valence-corrected chi connectivity index (χ0v) is 17.6. The highest BCUT2D eigenvalue weighted by molar-refractivity contribution is 9.11. The summed E-state index contributed by atoms with van der Waals surface area (Å²) in [5.74, 6) is 1.82. The highest BCUT2D eigenvalue weighted by atomic mass is 79.9. The minimum Gasteiger partial charge on any atom is -0.303 e. The van der Waals surface area contributed by atoms with Gasteiger partial charge in [-0.3, -0.25) is 0 Å². The van der Waals surface area contributed by atoms with Crippen LogP contribution >= 0.6 is 15.9 Å². The first-order valence-electron chi connectivity index (χ1n) is 10.3. The van der Waals surface area contributed by atoms with Gasteiger partial charge in [0.05, 0.1) is 0 Å². The summed E-state index contributed by atoms with van der Waals surface area (Å²) in [4.78, 5) is 4.60. The van der Waals surface area contributed by atoms with Crippen LogP contribution in [0.4, 0.5) is 8.78 Å². The summed E-state index contributed by atoms with van der Waals surface area (Å²) >= 11 is 3.56. The Morgan fingerprint density at radius 2 is 1.92 bits per heavy atom. The van der Waals surface area contributed by atoms with Crippen molar-refractivity contribution in [2.75, 3.05) is 19.6 Å². The van der Waals surface area contributed by atoms with Gasteiger partial charge in [0.15, 0.2) is 0 Å². The number of rotatable bonds is 8. The van der Waals surface area contributed by atoms with Crippen LogP contribution in [0.5, 0.6) is 0 Å². The van der Waals surface area contributed by atoms with Gasteiger partial charge in [0.25, 0.3) is 0 Å². The highest BCUT2D eigenvalue weighted by Crippen LogP contribution is 2.36. The molecule has 3 atom stereocenters. The van der Waals surface area contributed by atoms with Gasteiger partial charge >= 0.3 is 0 Å². The van der Waals surface area contributed by atoms with Crippen molar-refractivity contribution in [3.8, 4) is 0 Å². The molecule has 0 aromatic carbocycles. The molecule has 0 bridgehead atoms. The van der Waals surface area contributed by atoms with Crippen molar-refractivity contribution in [3.63, 3.8) is 0 Å². The standard InChI is InChI=1S/C21H36BrF2N/c1-3-17(8-9-18-6-4-5-7-20(18)14-22)16(2)15-25-12-10-19(11-13-25)21(23)24/h14,16-19,21H,3-13,15H2,1-2H3/b20-14+/t16-,17-,18+/m1/s1. The summed E-state index contributed by atoms with van der Waals surface area (Å²) in [7, 11) is 0. The van der Waals surface area contributed by atoms with E-state index < -0.39 is 6.43 Å². The third kappa shape index (κ3) is 6.61. The minimum absolute atomic E-state index is 0.366. The van der Waals surface area contributed by atoms with Gasteiger partial charge in [-0.1, -0.05) is 48.2 Å². The number of allylic oxidation sites excluding steroid dienone is 1. The third-order valence-electron chi connectivity index (χ3n) is 6.68. The van der Waals surface area contributed by atoms with Crippen LogP contribution in [0.25, 0.3) is 0 Å². The lowest BCUT2D eigenvalue weighted by atomic mass is 9.78. The molecule has 0 unspecified atom stereocenters. The van der Waals surface area contributed by atoms with Gasteiger partial charge in [-0.05, 0) is 80.8 Å². The zero-order valence-electron chi connectivity index (χ0n) is 16.0. The molecule has 0 N–H and O–H groups in total. The molecule has 0 aromatic rings. The minimum atomic E-state index is -2.13. The summed E-state index contributed by atoms with van der Waals surface area (Å²) in [6.07, 6.45) is 8.39. The van der Waals surface area contributed by atoms with Gasteiger partial charge < -0.3 is 4.90 Å². The molecule has 1 nitrogen and oxygen atoms in total. The molecule has 1 aliphatic heterocycles. The largest absolute Gasteiger partial charge is 0.303 e. The summed E-state index contributed by atoms with van der Waals surface area (Å²) < 4.78 is 25.6. The smallest absolute Gasteiger partial charge is 0.241 e. The van der Waals surface area contributed by atoms with Gasteiger partial charge in [-0.15, -0.1) is 0 Å². The molecule has 1 aliphatic carbocycles. The molecule has 2 aliphatic rings. The van der Waals surface area contributed by atoms with Crippen molar-refractivity contribution >= 4 is 15.9 Å². The molecule has 1 saturated heterocycles. The van der Waals surface area contributed by atoms with Crippen LogP contribution in [0, 0.1) is 23.7 Å². The van der Waals surface area contributed by atoms with Crippen LogP contribution in [-0.4, -0.2) is 31.0 Å². The van der Waals surface area contributed by atoms with Gasteiger partial charge in [0.2, 0.25) is 6.43 Å². The van der Waals surface area contributed by atoms with Crippen LogP contribution in [0.2, 0.25) is 0 Å². The van der Waals surface area contributed by atoms with Crippen LogP contribution < -0.4 is 0 Å². The Bertz CT molecular complexity index is 405. The molecule has 2 rings (SSSR count). The van der Waals surface area contributed by atoms with Gasteiger partial charge in [-0.25, -0.2) is 8.78 Å². The van der Waals surface area contributed by atoms with E-state index in [9.17, 15) is 8.78 Å². The Balaban J connectivity index is 1.76. The van der Waals surface area contributed by atoms with Crippen molar-refractivity contribution in [2.45, 2.75) is 78.1 Å².